The van der Waals surface area contributed by atoms with E-state index in [1.54, 1.807) is 43.3 Å². The predicted molar refractivity (Wildman–Crippen MR) is 153 cm³/mol. The molecule has 0 heterocycles. The van der Waals surface area contributed by atoms with Crippen molar-refractivity contribution in [3.63, 3.8) is 0 Å². The van der Waals surface area contributed by atoms with Gasteiger partial charge in [0.05, 0.1) is 17.2 Å². The van der Waals surface area contributed by atoms with E-state index in [1.807, 2.05) is 55.5 Å². The molecule has 4 rings (SSSR count). The van der Waals surface area contributed by atoms with Crippen LogP contribution in [0.2, 0.25) is 5.02 Å². The summed E-state index contributed by atoms with van der Waals surface area (Å²) in [5.74, 6) is 0.970. The number of rotatable bonds is 11. The zero-order valence-electron chi connectivity index (χ0n) is 21.6. The van der Waals surface area contributed by atoms with Gasteiger partial charge >= 0.3 is 0 Å². The number of benzene rings is 4. The van der Waals surface area contributed by atoms with E-state index in [1.165, 1.54) is 12.1 Å². The van der Waals surface area contributed by atoms with Gasteiger partial charge in [-0.3, -0.25) is 4.79 Å². The molecule has 2 N–H and O–H groups in total. The highest BCUT2D eigenvalue weighted by Gasteiger charge is 2.27. The first-order chi connectivity index (χ1) is 18.7. The number of sulfonamides is 1. The van der Waals surface area contributed by atoms with Gasteiger partial charge in [-0.1, -0.05) is 60.1 Å². The second kappa shape index (κ2) is 12.8. The quantitative estimate of drug-likeness (QED) is 0.221. The molecule has 39 heavy (non-hydrogen) atoms. The van der Waals surface area contributed by atoms with Crippen LogP contribution in [-0.2, 0) is 21.2 Å². The first-order valence-electron chi connectivity index (χ1n) is 12.4. The summed E-state index contributed by atoms with van der Waals surface area (Å²) in [6.45, 7) is 4.09. The van der Waals surface area contributed by atoms with E-state index in [4.69, 9.17) is 21.1 Å². The molecule has 0 aliphatic carbocycles. The highest BCUT2D eigenvalue weighted by molar-refractivity contribution is 7.89. The van der Waals surface area contributed by atoms with Crippen molar-refractivity contribution in [3.05, 3.63) is 113 Å². The molecule has 0 aliphatic heterocycles. The van der Waals surface area contributed by atoms with Gasteiger partial charge in [-0.25, -0.2) is 8.42 Å². The third-order valence-electron chi connectivity index (χ3n) is 5.82. The molecule has 0 radical (unpaired) electrons. The van der Waals surface area contributed by atoms with Crippen LogP contribution in [0.25, 0.3) is 0 Å². The van der Waals surface area contributed by atoms with E-state index in [0.29, 0.717) is 40.1 Å². The van der Waals surface area contributed by atoms with Crippen LogP contribution in [0.3, 0.4) is 0 Å². The molecule has 9 heteroatoms. The summed E-state index contributed by atoms with van der Waals surface area (Å²) in [4.78, 5) is 13.6. The second-order valence-electron chi connectivity index (χ2n) is 8.77. The number of para-hydroxylation sites is 1. The Hall–Kier alpha value is -3.85. The van der Waals surface area contributed by atoms with Gasteiger partial charge in [-0.05, 0) is 79.9 Å². The van der Waals surface area contributed by atoms with E-state index in [0.717, 1.165) is 5.56 Å². The van der Waals surface area contributed by atoms with Crippen molar-refractivity contribution in [1.82, 2.24) is 4.72 Å². The summed E-state index contributed by atoms with van der Waals surface area (Å²) < 4.78 is 40.9. The Balaban J connectivity index is 1.62. The number of hydrogen-bond donors (Lipinski definition) is 2. The second-order valence-corrected chi connectivity index (χ2v) is 10.9. The predicted octanol–water partition coefficient (Wildman–Crippen LogP) is 6.37. The van der Waals surface area contributed by atoms with Gasteiger partial charge in [-0.2, -0.15) is 4.72 Å². The lowest BCUT2D eigenvalue weighted by molar-refractivity contribution is -0.117. The van der Waals surface area contributed by atoms with Crippen molar-refractivity contribution in [2.24, 2.45) is 0 Å². The smallest absolute Gasteiger partial charge is 0.243 e. The number of hydrogen-bond acceptors (Lipinski definition) is 5. The zero-order chi connectivity index (χ0) is 27.8. The lowest BCUT2D eigenvalue weighted by Gasteiger charge is -2.20. The van der Waals surface area contributed by atoms with Gasteiger partial charge in [0.15, 0.2) is 5.75 Å². The Morgan fingerprint density at radius 3 is 2.23 bits per heavy atom. The fraction of sp³-hybridized carbons (Fsp3) is 0.167. The Labute approximate surface area is 233 Å². The van der Waals surface area contributed by atoms with Crippen LogP contribution in [0.1, 0.15) is 18.1 Å². The molecule has 7 nitrogen and oxygen atoms in total. The van der Waals surface area contributed by atoms with Gasteiger partial charge in [0, 0.05) is 5.02 Å². The first-order valence-corrected chi connectivity index (χ1v) is 14.2. The maximum absolute atomic E-state index is 13.6. The summed E-state index contributed by atoms with van der Waals surface area (Å²) in [6.07, 6.45) is 0.122. The standard InChI is InChI=1S/C30H29ClN2O5S/c1-3-37-28-17-15-25(18-21(28)2)39(35,36)33-27(19-22-10-6-4-7-11-22)30(34)32-26-20-23(31)14-16-29(26)38-24-12-8-5-9-13-24/h4-18,20,27,33H,3,19H2,1-2H3,(H,32,34). The monoisotopic (exact) mass is 564 g/mol. The fourth-order valence-electron chi connectivity index (χ4n) is 3.92. The van der Waals surface area contributed by atoms with Crippen LogP contribution < -0.4 is 19.5 Å². The largest absolute Gasteiger partial charge is 0.494 e. The average Bonchev–Trinajstić information content (AvgIpc) is 2.92. The molecule has 0 saturated carbocycles. The van der Waals surface area contributed by atoms with Crippen molar-refractivity contribution >= 4 is 33.2 Å². The molecule has 202 valence electrons. The molecule has 1 unspecified atom stereocenters. The molecular formula is C30H29ClN2O5S. The van der Waals surface area contributed by atoms with Crippen molar-refractivity contribution in [1.29, 1.82) is 0 Å². The number of carbonyl (C=O) groups excluding carboxylic acids is 1. The van der Waals surface area contributed by atoms with Gasteiger partial charge in [0.25, 0.3) is 0 Å². The lowest BCUT2D eigenvalue weighted by atomic mass is 10.1. The number of nitrogens with one attached hydrogen (secondary N) is 2. The third-order valence-corrected chi connectivity index (χ3v) is 7.53. The summed E-state index contributed by atoms with van der Waals surface area (Å²) in [5.41, 5.74) is 1.77. The number of aryl methyl sites for hydroxylation is 1. The minimum atomic E-state index is -4.06. The van der Waals surface area contributed by atoms with Gasteiger partial charge < -0.3 is 14.8 Å². The SMILES string of the molecule is CCOc1ccc(S(=O)(=O)NC(Cc2ccccc2)C(=O)Nc2cc(Cl)ccc2Oc2ccccc2)cc1C. The molecule has 1 atom stereocenters. The molecule has 0 aliphatic rings. The Kier molecular flexibility index (Phi) is 9.24. The Morgan fingerprint density at radius 2 is 1.56 bits per heavy atom. The van der Waals surface area contributed by atoms with Gasteiger partial charge in [-0.15, -0.1) is 0 Å². The van der Waals surface area contributed by atoms with E-state index in [2.05, 4.69) is 10.0 Å². The minimum Gasteiger partial charge on any atom is -0.494 e. The highest BCUT2D eigenvalue weighted by Crippen LogP contribution is 2.32. The van der Waals surface area contributed by atoms with Crippen LogP contribution in [-0.4, -0.2) is 27.0 Å². The normalized spacial score (nSPS) is 12.0. The number of amides is 1. The van der Waals surface area contributed by atoms with Crippen molar-refractivity contribution in [2.75, 3.05) is 11.9 Å². The Morgan fingerprint density at radius 1 is 0.897 bits per heavy atom. The summed E-state index contributed by atoms with van der Waals surface area (Å²) in [5, 5.41) is 3.19. The molecule has 0 spiro atoms. The maximum Gasteiger partial charge on any atom is 0.243 e. The minimum absolute atomic E-state index is 0.0326. The van der Waals surface area contributed by atoms with E-state index < -0.39 is 22.0 Å². The molecule has 1 amide bonds. The molecule has 4 aromatic carbocycles. The van der Waals surface area contributed by atoms with Gasteiger partial charge in [0.1, 0.15) is 17.5 Å². The van der Waals surface area contributed by atoms with Gasteiger partial charge in [0.2, 0.25) is 15.9 Å². The zero-order valence-corrected chi connectivity index (χ0v) is 23.1. The summed E-state index contributed by atoms with van der Waals surface area (Å²) in [6, 6.07) is 26.6. The van der Waals surface area contributed by atoms with Crippen molar-refractivity contribution < 1.29 is 22.7 Å². The number of anilines is 1. The third kappa shape index (κ3) is 7.60. The maximum atomic E-state index is 13.6. The Bertz CT molecular complexity index is 1530. The summed E-state index contributed by atoms with van der Waals surface area (Å²) >= 11 is 6.22. The topological polar surface area (TPSA) is 93.7 Å². The van der Waals surface area contributed by atoms with Crippen LogP contribution in [0.5, 0.6) is 17.2 Å². The molecule has 0 fully saturated rings. The first kappa shape index (κ1) is 28.2. The average molecular weight is 565 g/mol. The fourth-order valence-corrected chi connectivity index (χ4v) is 5.38. The van der Waals surface area contributed by atoms with Crippen molar-refractivity contribution in [3.8, 4) is 17.2 Å². The number of carbonyl (C=O) groups is 1. The molecule has 0 bridgehead atoms. The summed E-state index contributed by atoms with van der Waals surface area (Å²) in [7, 11) is -4.06. The van der Waals surface area contributed by atoms with Crippen molar-refractivity contribution in [2.45, 2.75) is 31.2 Å². The molecular weight excluding hydrogens is 536 g/mol. The van der Waals surface area contributed by atoms with Crippen LogP contribution in [0, 0.1) is 6.92 Å². The molecule has 4 aromatic rings. The molecule has 0 saturated heterocycles. The van der Waals surface area contributed by atoms with E-state index in [-0.39, 0.29) is 11.3 Å². The highest BCUT2D eigenvalue weighted by atomic mass is 35.5. The van der Waals surface area contributed by atoms with Crippen LogP contribution in [0.4, 0.5) is 5.69 Å². The van der Waals surface area contributed by atoms with E-state index >= 15 is 0 Å². The lowest BCUT2D eigenvalue weighted by Crippen LogP contribution is -2.45. The number of halogens is 1. The van der Waals surface area contributed by atoms with E-state index in [9.17, 15) is 13.2 Å². The number of ether oxygens (including phenoxy) is 2. The van der Waals surface area contributed by atoms with Crippen LogP contribution >= 0.6 is 11.6 Å². The molecule has 0 aromatic heterocycles. The van der Waals surface area contributed by atoms with Crippen LogP contribution in [0.15, 0.2) is 102 Å².